The molecule has 0 fully saturated rings. The van der Waals surface area contributed by atoms with E-state index in [1.54, 1.807) is 4.90 Å². The van der Waals surface area contributed by atoms with Crippen molar-refractivity contribution in [1.29, 1.82) is 0 Å². The van der Waals surface area contributed by atoms with Crippen LogP contribution in [0.3, 0.4) is 0 Å². The van der Waals surface area contributed by atoms with Crippen LogP contribution in [0.4, 0.5) is 0 Å². The molecule has 0 aromatic heterocycles. The summed E-state index contributed by atoms with van der Waals surface area (Å²) in [4.78, 5) is 14.3. The summed E-state index contributed by atoms with van der Waals surface area (Å²) >= 11 is 5.62. The minimum Gasteiger partial charge on any atom is -0.337 e. The maximum absolute atomic E-state index is 12.5. The molecule has 0 heterocycles. The number of rotatable bonds is 4. The summed E-state index contributed by atoms with van der Waals surface area (Å²) in [5, 5.41) is 0. The minimum absolute atomic E-state index is 0.0419. The van der Waals surface area contributed by atoms with Gasteiger partial charge in [0.1, 0.15) is 0 Å². The number of aryl methyl sites for hydroxylation is 1. The van der Waals surface area contributed by atoms with Gasteiger partial charge < -0.3 is 4.90 Å². The van der Waals surface area contributed by atoms with E-state index in [-0.39, 0.29) is 5.91 Å². The molecule has 2 rings (SSSR count). The van der Waals surface area contributed by atoms with Crippen LogP contribution in [0.1, 0.15) is 28.4 Å². The fourth-order valence-corrected chi connectivity index (χ4v) is 3.02. The number of carbonyl (C=O) groups excluding carboxylic acids is 1. The van der Waals surface area contributed by atoms with E-state index < -0.39 is 0 Å². The predicted molar refractivity (Wildman–Crippen MR) is 98.5 cm³/mol. The molecule has 0 atom stereocenters. The molecule has 0 spiro atoms. The van der Waals surface area contributed by atoms with Gasteiger partial charge in [-0.2, -0.15) is 0 Å². The summed E-state index contributed by atoms with van der Waals surface area (Å²) in [6.45, 7) is 2.76. The van der Waals surface area contributed by atoms with Gasteiger partial charge in [0.05, 0.1) is 5.56 Å². The molecule has 0 saturated carbocycles. The summed E-state index contributed by atoms with van der Waals surface area (Å²) in [7, 11) is 1.84. The zero-order valence-electron chi connectivity index (χ0n) is 12.1. The number of hydrogen-bond acceptors (Lipinski definition) is 1. The van der Waals surface area contributed by atoms with Gasteiger partial charge in [0.25, 0.3) is 5.91 Å². The largest absolute Gasteiger partial charge is 0.337 e. The topological polar surface area (TPSA) is 20.3 Å². The molecule has 2 nitrogen and oxygen atoms in total. The zero-order valence-corrected chi connectivity index (χ0v) is 15.8. The van der Waals surface area contributed by atoms with E-state index in [1.165, 1.54) is 5.56 Å². The van der Waals surface area contributed by atoms with E-state index in [0.29, 0.717) is 6.54 Å². The average molecular weight is 458 g/mol. The van der Waals surface area contributed by atoms with Gasteiger partial charge >= 0.3 is 0 Å². The quantitative estimate of drug-likeness (QED) is 0.598. The highest BCUT2D eigenvalue weighted by atomic mass is 127. The van der Waals surface area contributed by atoms with Gasteiger partial charge in [-0.15, -0.1) is 0 Å². The number of benzene rings is 2. The molecule has 0 unspecified atom stereocenters. The molecule has 2 aromatic rings. The van der Waals surface area contributed by atoms with Crippen LogP contribution in [0.25, 0.3) is 0 Å². The van der Waals surface area contributed by atoms with E-state index in [9.17, 15) is 4.79 Å². The van der Waals surface area contributed by atoms with Gasteiger partial charge in [-0.25, -0.2) is 0 Å². The van der Waals surface area contributed by atoms with Crippen molar-refractivity contribution in [2.75, 3.05) is 7.05 Å². The fraction of sp³-hybridized carbons (Fsp3) is 0.235. The zero-order chi connectivity index (χ0) is 15.4. The van der Waals surface area contributed by atoms with Gasteiger partial charge in [0.2, 0.25) is 0 Å². The molecule has 0 aliphatic heterocycles. The van der Waals surface area contributed by atoms with Crippen molar-refractivity contribution < 1.29 is 4.79 Å². The third-order valence-corrected chi connectivity index (χ3v) is 4.79. The number of carbonyl (C=O) groups is 1. The van der Waals surface area contributed by atoms with Gasteiger partial charge in [-0.3, -0.25) is 4.79 Å². The second-order valence-electron chi connectivity index (χ2n) is 4.96. The van der Waals surface area contributed by atoms with Crippen LogP contribution in [0.5, 0.6) is 0 Å². The number of hydrogen-bond donors (Lipinski definition) is 0. The first kappa shape index (κ1) is 16.5. The molecule has 0 aliphatic carbocycles. The Morgan fingerprint density at radius 3 is 2.38 bits per heavy atom. The van der Waals surface area contributed by atoms with Crippen LogP contribution in [0.2, 0.25) is 0 Å². The third-order valence-electron chi connectivity index (χ3n) is 3.36. The molecule has 0 saturated heterocycles. The Morgan fingerprint density at radius 1 is 1.14 bits per heavy atom. The van der Waals surface area contributed by atoms with Crippen molar-refractivity contribution in [1.82, 2.24) is 4.90 Å². The molecule has 110 valence electrons. The normalized spacial score (nSPS) is 10.5. The molecule has 0 radical (unpaired) electrons. The van der Waals surface area contributed by atoms with Gasteiger partial charge in [0.15, 0.2) is 0 Å². The average Bonchev–Trinajstić information content (AvgIpc) is 2.49. The Hall–Kier alpha value is -0.880. The van der Waals surface area contributed by atoms with Gasteiger partial charge in [0, 0.05) is 21.6 Å². The van der Waals surface area contributed by atoms with Crippen molar-refractivity contribution in [2.45, 2.75) is 19.9 Å². The van der Waals surface area contributed by atoms with Crippen molar-refractivity contribution in [3.05, 3.63) is 67.2 Å². The molecule has 1 amide bonds. The summed E-state index contributed by atoms with van der Waals surface area (Å²) in [6, 6.07) is 14.2. The highest BCUT2D eigenvalue weighted by Crippen LogP contribution is 2.20. The number of halogens is 2. The monoisotopic (exact) mass is 457 g/mol. The molecule has 0 N–H and O–H groups in total. The molecule has 2 aromatic carbocycles. The smallest absolute Gasteiger partial charge is 0.255 e. The van der Waals surface area contributed by atoms with E-state index in [4.69, 9.17) is 0 Å². The Labute approximate surface area is 147 Å². The van der Waals surface area contributed by atoms with Gasteiger partial charge in [-0.05, 0) is 58.3 Å². The Morgan fingerprint density at radius 2 is 1.76 bits per heavy atom. The number of amides is 1. The lowest BCUT2D eigenvalue weighted by atomic mass is 10.1. The van der Waals surface area contributed by atoms with Gasteiger partial charge in [-0.1, -0.05) is 47.1 Å². The molecule has 0 aliphatic rings. The lowest BCUT2D eigenvalue weighted by Gasteiger charge is -2.18. The fourth-order valence-electron chi connectivity index (χ4n) is 2.09. The summed E-state index contributed by atoms with van der Waals surface area (Å²) in [5.41, 5.74) is 3.19. The summed E-state index contributed by atoms with van der Waals surface area (Å²) in [5.74, 6) is 0.0419. The first-order chi connectivity index (χ1) is 10.0. The van der Waals surface area contributed by atoms with E-state index >= 15 is 0 Å². The third kappa shape index (κ3) is 4.30. The molecule has 4 heteroatoms. The van der Waals surface area contributed by atoms with Crippen LogP contribution >= 0.6 is 38.5 Å². The van der Waals surface area contributed by atoms with Crippen LogP contribution in [-0.2, 0) is 13.0 Å². The van der Waals surface area contributed by atoms with Crippen LogP contribution in [-0.4, -0.2) is 17.9 Å². The van der Waals surface area contributed by atoms with E-state index in [0.717, 1.165) is 25.6 Å². The standard InChI is InChI=1S/C17H17BrINO/c1-3-12-4-6-13(7-5-12)11-20(2)17(21)15-10-14(18)8-9-16(15)19/h4-10H,3,11H2,1-2H3. The maximum atomic E-state index is 12.5. The van der Waals surface area contributed by atoms with E-state index in [1.807, 2.05) is 25.2 Å². The SMILES string of the molecule is CCc1ccc(CN(C)C(=O)c2cc(Br)ccc2I)cc1. The maximum Gasteiger partial charge on any atom is 0.255 e. The van der Waals surface area contributed by atoms with Crippen molar-refractivity contribution >= 4 is 44.4 Å². The summed E-state index contributed by atoms with van der Waals surface area (Å²) in [6.07, 6.45) is 1.03. The molecule has 0 bridgehead atoms. The van der Waals surface area contributed by atoms with Crippen LogP contribution < -0.4 is 0 Å². The second-order valence-corrected chi connectivity index (χ2v) is 7.03. The first-order valence-electron chi connectivity index (χ1n) is 6.79. The van der Waals surface area contributed by atoms with Crippen LogP contribution in [0.15, 0.2) is 46.9 Å². The highest BCUT2D eigenvalue weighted by Gasteiger charge is 2.15. The van der Waals surface area contributed by atoms with Crippen molar-refractivity contribution in [3.63, 3.8) is 0 Å². The Kier molecular flexibility index (Phi) is 5.81. The second kappa shape index (κ2) is 7.40. The molecular formula is C17H17BrINO. The first-order valence-corrected chi connectivity index (χ1v) is 8.66. The Balaban J connectivity index is 2.13. The van der Waals surface area contributed by atoms with Crippen LogP contribution in [0, 0.1) is 3.57 Å². The predicted octanol–water partition coefficient (Wildman–Crippen LogP) is 4.89. The highest BCUT2D eigenvalue weighted by molar-refractivity contribution is 14.1. The molecular weight excluding hydrogens is 441 g/mol. The molecule has 21 heavy (non-hydrogen) atoms. The van der Waals surface area contributed by atoms with Crippen molar-refractivity contribution in [3.8, 4) is 0 Å². The number of nitrogens with zero attached hydrogens (tertiary/aromatic N) is 1. The minimum atomic E-state index is 0.0419. The van der Waals surface area contributed by atoms with E-state index in [2.05, 4.69) is 69.7 Å². The Bertz CT molecular complexity index is 640. The summed E-state index contributed by atoms with van der Waals surface area (Å²) < 4.78 is 1.89. The lowest BCUT2D eigenvalue weighted by Crippen LogP contribution is -2.26. The van der Waals surface area contributed by atoms with Crippen molar-refractivity contribution in [2.24, 2.45) is 0 Å². The lowest BCUT2D eigenvalue weighted by molar-refractivity contribution is 0.0784.